The lowest BCUT2D eigenvalue weighted by atomic mass is 10.9. The van der Waals surface area contributed by atoms with Gasteiger partial charge in [0, 0.05) is 0 Å². The van der Waals surface area contributed by atoms with Crippen molar-refractivity contribution in [3.05, 3.63) is 8.92 Å². The lowest BCUT2D eigenvalue weighted by Crippen LogP contribution is -1.71. The minimum Gasteiger partial charge on any atom is -0.142 e. The molecule has 1 rings (SSSR count). The van der Waals surface area contributed by atoms with Crippen LogP contribution in [0.5, 0.6) is 0 Å². The number of hydrogen-bond donors (Lipinski definition) is 0. The Bertz CT molecular complexity index is 176. The van der Waals surface area contributed by atoms with Crippen LogP contribution in [0.4, 0.5) is 0 Å². The highest BCUT2D eigenvalue weighted by molar-refractivity contribution is 9.11. The molecular formula is C3H2Br2N2S. The molecule has 0 saturated carbocycles. The van der Waals surface area contributed by atoms with Crippen LogP contribution in [0.1, 0.15) is 5.01 Å². The van der Waals surface area contributed by atoms with E-state index in [0.717, 1.165) is 14.3 Å². The summed E-state index contributed by atoms with van der Waals surface area (Å²) >= 11 is 7.99. The quantitative estimate of drug-likeness (QED) is 0.721. The molecule has 0 aromatic carbocycles. The van der Waals surface area contributed by atoms with E-state index in [0.29, 0.717) is 0 Å². The number of rotatable bonds is 1. The smallest absolute Gasteiger partial charge is 0.142 e. The number of aromatic nitrogens is 2. The standard InChI is InChI=1S/C3H2Br2N2S/c4-1-2-6-7-3(5)8-2/h1H2. The van der Waals surface area contributed by atoms with E-state index < -0.39 is 0 Å². The van der Waals surface area contributed by atoms with E-state index >= 15 is 0 Å². The monoisotopic (exact) mass is 256 g/mol. The van der Waals surface area contributed by atoms with Crippen LogP contribution in [-0.4, -0.2) is 10.2 Å². The highest BCUT2D eigenvalue weighted by atomic mass is 79.9. The Morgan fingerprint density at radius 2 is 2.25 bits per heavy atom. The Labute approximate surface area is 67.6 Å². The van der Waals surface area contributed by atoms with E-state index in [1.807, 2.05) is 0 Å². The predicted octanol–water partition coefficient (Wildman–Crippen LogP) is 2.20. The molecule has 0 aliphatic carbocycles. The van der Waals surface area contributed by atoms with Gasteiger partial charge in [-0.15, -0.1) is 10.2 Å². The predicted molar refractivity (Wildman–Crippen MR) is 40.2 cm³/mol. The minimum atomic E-state index is 0.788. The van der Waals surface area contributed by atoms with Crippen LogP contribution in [0.3, 0.4) is 0 Å². The van der Waals surface area contributed by atoms with Crippen molar-refractivity contribution < 1.29 is 0 Å². The van der Waals surface area contributed by atoms with Crippen molar-refractivity contribution in [2.45, 2.75) is 5.33 Å². The molecule has 1 heterocycles. The Morgan fingerprint density at radius 1 is 1.50 bits per heavy atom. The van der Waals surface area contributed by atoms with Gasteiger partial charge in [0.1, 0.15) is 5.01 Å². The summed E-state index contributed by atoms with van der Waals surface area (Å²) in [6, 6.07) is 0. The Morgan fingerprint density at radius 3 is 2.50 bits per heavy atom. The largest absolute Gasteiger partial charge is 0.183 e. The highest BCUT2D eigenvalue weighted by Gasteiger charge is 1.95. The number of hydrogen-bond acceptors (Lipinski definition) is 3. The SMILES string of the molecule is BrCc1nnc(Br)s1. The van der Waals surface area contributed by atoms with Crippen LogP contribution in [0.25, 0.3) is 0 Å². The van der Waals surface area contributed by atoms with Gasteiger partial charge in [-0.05, 0) is 15.9 Å². The summed E-state index contributed by atoms with van der Waals surface area (Å²) < 4.78 is 0.840. The average Bonchev–Trinajstić information content (AvgIpc) is 2.14. The maximum atomic E-state index is 3.81. The molecule has 0 aliphatic heterocycles. The van der Waals surface area contributed by atoms with Crippen LogP contribution < -0.4 is 0 Å². The zero-order valence-electron chi connectivity index (χ0n) is 3.77. The number of halogens is 2. The van der Waals surface area contributed by atoms with Crippen LogP contribution in [0.2, 0.25) is 0 Å². The third-order valence-corrected chi connectivity index (χ3v) is 2.81. The summed E-state index contributed by atoms with van der Waals surface area (Å²) in [7, 11) is 0. The molecule has 1 aromatic heterocycles. The fourth-order valence-corrected chi connectivity index (χ4v) is 1.79. The Hall–Kier alpha value is 0.520. The Balaban J connectivity index is 2.84. The van der Waals surface area contributed by atoms with E-state index in [1.54, 1.807) is 0 Å². The van der Waals surface area contributed by atoms with Gasteiger partial charge in [-0.3, -0.25) is 0 Å². The molecular weight excluding hydrogens is 256 g/mol. The second kappa shape index (κ2) is 2.89. The second-order valence-electron chi connectivity index (χ2n) is 1.08. The minimum absolute atomic E-state index is 0.788. The van der Waals surface area contributed by atoms with E-state index in [9.17, 15) is 0 Å². The van der Waals surface area contributed by atoms with Crippen molar-refractivity contribution in [1.82, 2.24) is 10.2 Å². The van der Waals surface area contributed by atoms with Crippen molar-refractivity contribution in [2.24, 2.45) is 0 Å². The third-order valence-electron chi connectivity index (χ3n) is 0.557. The van der Waals surface area contributed by atoms with Crippen molar-refractivity contribution in [3.8, 4) is 0 Å². The summed E-state index contributed by atoms with van der Waals surface area (Å²) in [5.41, 5.74) is 0. The first-order chi connectivity index (χ1) is 3.83. The van der Waals surface area contributed by atoms with Gasteiger partial charge in [0.2, 0.25) is 0 Å². The van der Waals surface area contributed by atoms with Gasteiger partial charge >= 0.3 is 0 Å². The van der Waals surface area contributed by atoms with Gasteiger partial charge < -0.3 is 0 Å². The summed E-state index contributed by atoms with van der Waals surface area (Å²) in [5, 5.41) is 9.34. The van der Waals surface area contributed by atoms with Crippen LogP contribution >= 0.6 is 43.2 Å². The van der Waals surface area contributed by atoms with E-state index in [2.05, 4.69) is 42.1 Å². The zero-order valence-corrected chi connectivity index (χ0v) is 7.75. The van der Waals surface area contributed by atoms with Crippen LogP contribution in [0, 0.1) is 0 Å². The molecule has 1 aromatic rings. The van der Waals surface area contributed by atoms with E-state index in [4.69, 9.17) is 0 Å². The average molecular weight is 258 g/mol. The topological polar surface area (TPSA) is 25.8 Å². The summed E-state index contributed by atoms with van der Waals surface area (Å²) in [6.07, 6.45) is 0. The lowest BCUT2D eigenvalue weighted by Gasteiger charge is -1.73. The van der Waals surface area contributed by atoms with Crippen molar-refractivity contribution in [2.75, 3.05) is 0 Å². The van der Waals surface area contributed by atoms with Gasteiger partial charge in [-0.1, -0.05) is 27.3 Å². The first-order valence-corrected chi connectivity index (χ1v) is 4.60. The normalized spacial score (nSPS) is 9.75. The second-order valence-corrected chi connectivity index (χ2v) is 3.98. The molecule has 0 atom stereocenters. The molecule has 0 N–H and O–H groups in total. The molecule has 0 spiro atoms. The highest BCUT2D eigenvalue weighted by Crippen LogP contribution is 2.17. The summed E-state index contributed by atoms with van der Waals surface area (Å²) in [6.45, 7) is 0. The van der Waals surface area contributed by atoms with Crippen molar-refractivity contribution in [3.63, 3.8) is 0 Å². The molecule has 2 nitrogen and oxygen atoms in total. The van der Waals surface area contributed by atoms with Gasteiger partial charge in [0.25, 0.3) is 0 Å². The van der Waals surface area contributed by atoms with E-state index in [1.165, 1.54) is 11.3 Å². The molecule has 0 amide bonds. The van der Waals surface area contributed by atoms with Gasteiger partial charge in [0.15, 0.2) is 3.92 Å². The van der Waals surface area contributed by atoms with Crippen molar-refractivity contribution >= 4 is 43.2 Å². The number of alkyl halides is 1. The molecule has 0 radical (unpaired) electrons. The van der Waals surface area contributed by atoms with Crippen LogP contribution in [-0.2, 0) is 5.33 Å². The van der Waals surface area contributed by atoms with Crippen LogP contribution in [0.15, 0.2) is 3.92 Å². The fraction of sp³-hybridized carbons (Fsp3) is 0.333. The zero-order chi connectivity index (χ0) is 5.98. The molecule has 44 valence electrons. The molecule has 0 fully saturated rings. The lowest BCUT2D eigenvalue weighted by molar-refractivity contribution is 1.03. The first kappa shape index (κ1) is 6.64. The molecule has 5 heteroatoms. The molecule has 8 heavy (non-hydrogen) atoms. The third kappa shape index (κ3) is 1.50. The molecule has 0 aliphatic rings. The summed E-state index contributed by atoms with van der Waals surface area (Å²) in [4.78, 5) is 0. The van der Waals surface area contributed by atoms with Gasteiger partial charge in [-0.2, -0.15) is 0 Å². The van der Waals surface area contributed by atoms with Gasteiger partial charge in [-0.25, -0.2) is 0 Å². The molecule has 0 saturated heterocycles. The molecule has 0 unspecified atom stereocenters. The maximum absolute atomic E-state index is 3.81. The first-order valence-electron chi connectivity index (χ1n) is 1.87. The maximum Gasteiger partial charge on any atom is 0.183 e. The molecule has 0 bridgehead atoms. The summed E-state index contributed by atoms with van der Waals surface area (Å²) in [5.74, 6) is 0. The Kier molecular flexibility index (Phi) is 2.40. The van der Waals surface area contributed by atoms with E-state index in [-0.39, 0.29) is 0 Å². The fourth-order valence-electron chi connectivity index (χ4n) is 0.287. The number of nitrogens with zero attached hydrogens (tertiary/aromatic N) is 2. The van der Waals surface area contributed by atoms with Crippen molar-refractivity contribution in [1.29, 1.82) is 0 Å². The van der Waals surface area contributed by atoms with Gasteiger partial charge in [0.05, 0.1) is 5.33 Å².